The number of nitrogens with one attached hydrogen (secondary N) is 2. The first-order chi connectivity index (χ1) is 12.6. The molecule has 0 radical (unpaired) electrons. The number of benzene rings is 1. The third kappa shape index (κ3) is 5.19. The number of aromatic nitrogens is 1. The van der Waals surface area contributed by atoms with Crippen molar-refractivity contribution in [1.29, 1.82) is 0 Å². The van der Waals surface area contributed by atoms with Crippen molar-refractivity contribution in [2.75, 3.05) is 6.61 Å². The van der Waals surface area contributed by atoms with E-state index in [9.17, 15) is 9.59 Å². The summed E-state index contributed by atoms with van der Waals surface area (Å²) in [5.41, 5.74) is 2.28. The van der Waals surface area contributed by atoms with Gasteiger partial charge in [-0.05, 0) is 46.5 Å². The summed E-state index contributed by atoms with van der Waals surface area (Å²) in [5, 5.41) is 5.87. The van der Waals surface area contributed by atoms with E-state index in [0.717, 1.165) is 21.3 Å². The average molecular weight is 435 g/mol. The maximum Gasteiger partial charge on any atom is 0.306 e. The minimum atomic E-state index is -0.348. The summed E-state index contributed by atoms with van der Waals surface area (Å²) < 4.78 is 6.03. The lowest BCUT2D eigenvalue weighted by atomic mass is 10.1. The van der Waals surface area contributed by atoms with Gasteiger partial charge in [0.1, 0.15) is 0 Å². The molecule has 0 atom stereocenters. The molecule has 1 amide bonds. The van der Waals surface area contributed by atoms with E-state index in [-0.39, 0.29) is 18.5 Å². The Hall–Kier alpha value is -2.12. The number of aromatic amines is 1. The number of thiophene rings is 1. The maximum absolute atomic E-state index is 11.8. The first kappa shape index (κ1) is 18.7. The van der Waals surface area contributed by atoms with Crippen LogP contribution in [0.1, 0.15) is 23.3 Å². The molecule has 0 aliphatic rings. The fourth-order valence-corrected chi connectivity index (χ4v) is 4.05. The van der Waals surface area contributed by atoms with Crippen molar-refractivity contribution >= 4 is 50.0 Å². The molecule has 2 N–H and O–H groups in total. The van der Waals surface area contributed by atoms with Crippen molar-refractivity contribution in [1.82, 2.24) is 10.3 Å². The lowest BCUT2D eigenvalue weighted by Crippen LogP contribution is -2.28. The van der Waals surface area contributed by atoms with Gasteiger partial charge < -0.3 is 15.0 Å². The fourth-order valence-electron chi connectivity index (χ4n) is 2.66. The molecule has 0 spiro atoms. The number of hydrogen-bond donors (Lipinski definition) is 2. The number of aryl methyl sites for hydroxylation is 1. The Balaban J connectivity index is 1.34. The topological polar surface area (TPSA) is 71.2 Å². The van der Waals surface area contributed by atoms with Crippen molar-refractivity contribution in [2.24, 2.45) is 0 Å². The Morgan fingerprint density at radius 1 is 1.27 bits per heavy atom. The van der Waals surface area contributed by atoms with Crippen LogP contribution in [0.5, 0.6) is 0 Å². The van der Waals surface area contributed by atoms with E-state index in [4.69, 9.17) is 4.74 Å². The highest BCUT2D eigenvalue weighted by Gasteiger charge is 2.09. The van der Waals surface area contributed by atoms with Crippen molar-refractivity contribution in [3.63, 3.8) is 0 Å². The standard InChI is InChI=1S/C19H19BrN2O3S/c20-14-8-15(26-12-14)10-22-18(23)11-25-19(24)7-3-4-13-9-21-17-6-2-1-5-16(13)17/h1-2,5-6,8-9,12,21H,3-4,7,10-11H2,(H,22,23). The van der Waals surface area contributed by atoms with Gasteiger partial charge in [0.25, 0.3) is 5.91 Å². The first-order valence-electron chi connectivity index (χ1n) is 8.32. The number of hydrogen-bond acceptors (Lipinski definition) is 4. The van der Waals surface area contributed by atoms with Gasteiger partial charge in [-0.25, -0.2) is 0 Å². The highest BCUT2D eigenvalue weighted by molar-refractivity contribution is 9.10. The van der Waals surface area contributed by atoms with Gasteiger partial charge in [-0.2, -0.15) is 0 Å². The molecule has 0 aliphatic heterocycles. The largest absolute Gasteiger partial charge is 0.456 e. The zero-order valence-electron chi connectivity index (χ0n) is 14.1. The van der Waals surface area contributed by atoms with Crippen molar-refractivity contribution < 1.29 is 14.3 Å². The molecule has 136 valence electrons. The molecule has 0 saturated heterocycles. The number of H-pyrrole nitrogens is 1. The molecule has 26 heavy (non-hydrogen) atoms. The second-order valence-corrected chi connectivity index (χ2v) is 7.79. The summed E-state index contributed by atoms with van der Waals surface area (Å²) in [6, 6.07) is 10.0. The molecule has 0 aliphatic carbocycles. The van der Waals surface area contributed by atoms with E-state index < -0.39 is 0 Å². The number of carbonyl (C=O) groups is 2. The van der Waals surface area contributed by atoms with E-state index in [1.807, 2.05) is 35.8 Å². The summed E-state index contributed by atoms with van der Waals surface area (Å²) >= 11 is 4.92. The van der Waals surface area contributed by atoms with E-state index in [2.05, 4.69) is 32.3 Å². The van der Waals surface area contributed by atoms with Gasteiger partial charge in [0.15, 0.2) is 6.61 Å². The third-order valence-electron chi connectivity index (χ3n) is 3.95. The molecule has 7 heteroatoms. The lowest BCUT2D eigenvalue weighted by Gasteiger charge is -2.06. The van der Waals surface area contributed by atoms with Gasteiger partial charge in [0.2, 0.25) is 0 Å². The summed E-state index contributed by atoms with van der Waals surface area (Å²) in [5.74, 6) is -0.640. The van der Waals surface area contributed by atoms with Crippen LogP contribution in [0.25, 0.3) is 10.9 Å². The number of fused-ring (bicyclic) bond motifs is 1. The van der Waals surface area contributed by atoms with Crippen molar-refractivity contribution in [3.05, 3.63) is 56.8 Å². The van der Waals surface area contributed by atoms with E-state index >= 15 is 0 Å². The van der Waals surface area contributed by atoms with E-state index in [0.29, 0.717) is 19.4 Å². The Kier molecular flexibility index (Phi) is 6.46. The number of ether oxygens (including phenoxy) is 1. The number of para-hydroxylation sites is 1. The monoisotopic (exact) mass is 434 g/mol. The molecule has 3 aromatic rings. The normalized spacial score (nSPS) is 10.8. The molecule has 2 aromatic heterocycles. The number of rotatable bonds is 8. The Morgan fingerprint density at radius 3 is 2.92 bits per heavy atom. The molecule has 3 rings (SSSR count). The predicted octanol–water partition coefficient (Wildman–Crippen LogP) is 4.17. The minimum absolute atomic E-state index is 0.238. The van der Waals surface area contributed by atoms with E-state index in [1.54, 1.807) is 11.3 Å². The third-order valence-corrected chi connectivity index (χ3v) is 5.65. The summed E-state index contributed by atoms with van der Waals surface area (Å²) in [4.78, 5) is 27.8. The molecular formula is C19H19BrN2O3S. The molecular weight excluding hydrogens is 416 g/mol. The van der Waals surface area contributed by atoms with Crippen LogP contribution in [0.3, 0.4) is 0 Å². The molecule has 0 bridgehead atoms. The quantitative estimate of drug-likeness (QED) is 0.522. The smallest absolute Gasteiger partial charge is 0.306 e. The van der Waals surface area contributed by atoms with Crippen LogP contribution in [0.15, 0.2) is 46.4 Å². The van der Waals surface area contributed by atoms with Crippen LogP contribution in [0.4, 0.5) is 0 Å². The van der Waals surface area contributed by atoms with Gasteiger partial charge in [0, 0.05) is 38.3 Å². The lowest BCUT2D eigenvalue weighted by molar-refractivity contribution is -0.148. The van der Waals surface area contributed by atoms with Gasteiger partial charge in [-0.1, -0.05) is 18.2 Å². The molecule has 5 nitrogen and oxygen atoms in total. The van der Waals surface area contributed by atoms with Crippen LogP contribution >= 0.6 is 27.3 Å². The fraction of sp³-hybridized carbons (Fsp3) is 0.263. The van der Waals surface area contributed by atoms with Crippen LogP contribution in [-0.4, -0.2) is 23.5 Å². The number of carbonyl (C=O) groups excluding carboxylic acids is 2. The first-order valence-corrected chi connectivity index (χ1v) is 9.99. The molecule has 0 unspecified atom stereocenters. The molecule has 1 aromatic carbocycles. The van der Waals surface area contributed by atoms with Crippen LogP contribution in [0.2, 0.25) is 0 Å². The van der Waals surface area contributed by atoms with Crippen LogP contribution in [-0.2, 0) is 27.3 Å². The Morgan fingerprint density at radius 2 is 2.12 bits per heavy atom. The SMILES string of the molecule is O=C(COC(=O)CCCc1c[nH]c2ccccc12)NCc1cc(Br)cs1. The zero-order chi connectivity index (χ0) is 18.4. The van der Waals surface area contributed by atoms with Crippen molar-refractivity contribution in [2.45, 2.75) is 25.8 Å². The minimum Gasteiger partial charge on any atom is -0.456 e. The van der Waals surface area contributed by atoms with Crippen LogP contribution < -0.4 is 5.32 Å². The van der Waals surface area contributed by atoms with Gasteiger partial charge in [-0.3, -0.25) is 9.59 Å². The average Bonchev–Trinajstić information content (AvgIpc) is 3.24. The highest BCUT2D eigenvalue weighted by Crippen LogP contribution is 2.20. The Labute approximate surface area is 163 Å². The summed E-state index contributed by atoms with van der Waals surface area (Å²) in [6.45, 7) is 0.200. The molecule has 0 fully saturated rings. The second kappa shape index (κ2) is 9.00. The van der Waals surface area contributed by atoms with Crippen LogP contribution in [0, 0.1) is 0 Å². The van der Waals surface area contributed by atoms with Gasteiger partial charge in [-0.15, -0.1) is 11.3 Å². The van der Waals surface area contributed by atoms with Crippen molar-refractivity contribution in [3.8, 4) is 0 Å². The second-order valence-electron chi connectivity index (χ2n) is 5.88. The number of amides is 1. The van der Waals surface area contributed by atoms with E-state index in [1.165, 1.54) is 10.9 Å². The highest BCUT2D eigenvalue weighted by atomic mass is 79.9. The van der Waals surface area contributed by atoms with Gasteiger partial charge in [0.05, 0.1) is 6.54 Å². The summed E-state index contributed by atoms with van der Waals surface area (Å²) in [7, 11) is 0. The maximum atomic E-state index is 11.8. The summed E-state index contributed by atoms with van der Waals surface area (Å²) in [6.07, 6.45) is 3.75. The molecule has 2 heterocycles. The van der Waals surface area contributed by atoms with Gasteiger partial charge >= 0.3 is 5.97 Å². The number of esters is 1. The number of halogens is 1. The molecule has 0 saturated carbocycles. The zero-order valence-corrected chi connectivity index (χ0v) is 16.5. The predicted molar refractivity (Wildman–Crippen MR) is 106 cm³/mol. The Bertz CT molecular complexity index is 903.